The summed E-state index contributed by atoms with van der Waals surface area (Å²) < 4.78 is 28.6. The molecule has 0 bridgehead atoms. The van der Waals surface area contributed by atoms with Gasteiger partial charge in [-0.05, 0) is 55.2 Å². The van der Waals surface area contributed by atoms with E-state index in [1.54, 1.807) is 36.4 Å². The SMILES string of the molecule is CC(C)c1ccc(-c2ccc(Oc3cc(-c4nc(C5CC(=O)N(C6CC6)C5)no4)ccc3Cn3cnccc3=O)cc2F)nn1. The molecule has 1 saturated carbocycles. The molecule has 1 aliphatic carbocycles. The number of hydrogen-bond donors (Lipinski definition) is 0. The zero-order chi connectivity index (χ0) is 31.1. The van der Waals surface area contributed by atoms with E-state index < -0.39 is 5.82 Å². The first-order valence-corrected chi connectivity index (χ1v) is 14.9. The van der Waals surface area contributed by atoms with E-state index in [1.807, 2.05) is 24.8 Å². The predicted octanol–water partition coefficient (Wildman–Crippen LogP) is 5.33. The molecule has 3 aromatic heterocycles. The molecule has 11 nitrogen and oxygen atoms in total. The summed E-state index contributed by atoms with van der Waals surface area (Å²) in [5, 5.41) is 12.6. The molecule has 1 aliphatic heterocycles. The second-order valence-electron chi connectivity index (χ2n) is 11.7. The van der Waals surface area contributed by atoms with Crippen LogP contribution in [0.1, 0.15) is 62.0 Å². The van der Waals surface area contributed by atoms with Crippen molar-refractivity contribution in [2.75, 3.05) is 6.54 Å². The Labute approximate surface area is 257 Å². The molecular formula is C33H30FN7O4. The average Bonchev–Trinajstić information content (AvgIpc) is 3.62. The maximum absolute atomic E-state index is 15.3. The van der Waals surface area contributed by atoms with Crippen LogP contribution in [-0.2, 0) is 11.3 Å². The minimum atomic E-state index is -0.520. The van der Waals surface area contributed by atoms with Crippen molar-refractivity contribution in [3.8, 4) is 34.2 Å². The molecule has 45 heavy (non-hydrogen) atoms. The summed E-state index contributed by atoms with van der Waals surface area (Å²) in [6, 6.07) is 15.1. The smallest absolute Gasteiger partial charge is 0.258 e. The number of ether oxygens (including phenoxy) is 1. The van der Waals surface area contributed by atoms with Crippen LogP contribution in [0.4, 0.5) is 4.39 Å². The highest BCUT2D eigenvalue weighted by molar-refractivity contribution is 5.80. The standard InChI is InChI=1S/C33H30FN7O4/c1-19(2)27-9-10-28(38-37-27)25-8-7-24(15-26(25)34)44-29-13-20(3-4-21(29)16-40-18-35-12-11-30(40)42)33-36-32(39-45-33)22-14-31(43)41(17-22)23-5-6-23/h3-4,7-13,15,18-19,22-23H,5-6,14,16-17H2,1-2H3. The Morgan fingerprint density at radius 3 is 2.64 bits per heavy atom. The molecular weight excluding hydrogens is 577 g/mol. The lowest BCUT2D eigenvalue weighted by Gasteiger charge is -2.14. The fourth-order valence-electron chi connectivity index (χ4n) is 5.44. The molecule has 2 aromatic carbocycles. The van der Waals surface area contributed by atoms with E-state index in [0.717, 1.165) is 18.5 Å². The first-order chi connectivity index (χ1) is 21.8. The molecule has 1 unspecified atom stereocenters. The van der Waals surface area contributed by atoms with Gasteiger partial charge in [-0.1, -0.05) is 25.1 Å². The normalized spacial score (nSPS) is 16.5. The number of carbonyl (C=O) groups excluding carboxylic acids is 1. The lowest BCUT2D eigenvalue weighted by Crippen LogP contribution is -2.27. The Kier molecular flexibility index (Phi) is 7.40. The largest absolute Gasteiger partial charge is 0.457 e. The average molecular weight is 608 g/mol. The van der Waals surface area contributed by atoms with E-state index in [1.165, 1.54) is 29.2 Å². The van der Waals surface area contributed by atoms with Crippen LogP contribution in [0.2, 0.25) is 0 Å². The van der Waals surface area contributed by atoms with Crippen molar-refractivity contribution in [3.05, 3.63) is 100 Å². The van der Waals surface area contributed by atoms with Crippen molar-refractivity contribution < 1.29 is 18.4 Å². The third kappa shape index (κ3) is 5.95. The molecule has 1 saturated heterocycles. The zero-order valence-electron chi connectivity index (χ0n) is 24.8. The van der Waals surface area contributed by atoms with Gasteiger partial charge in [0.1, 0.15) is 17.3 Å². The van der Waals surface area contributed by atoms with Gasteiger partial charge >= 0.3 is 0 Å². The third-order valence-electron chi connectivity index (χ3n) is 8.12. The topological polar surface area (TPSA) is 129 Å². The second-order valence-corrected chi connectivity index (χ2v) is 11.7. The van der Waals surface area contributed by atoms with Crippen molar-refractivity contribution in [2.45, 2.75) is 57.5 Å². The van der Waals surface area contributed by atoms with E-state index in [4.69, 9.17) is 9.26 Å². The maximum atomic E-state index is 15.3. The molecule has 0 N–H and O–H groups in total. The fraction of sp³-hybridized carbons (Fsp3) is 0.303. The molecule has 1 amide bonds. The summed E-state index contributed by atoms with van der Waals surface area (Å²) in [7, 11) is 0. The van der Waals surface area contributed by atoms with Gasteiger partial charge in [0.15, 0.2) is 5.82 Å². The van der Waals surface area contributed by atoms with Crippen LogP contribution >= 0.6 is 0 Å². The third-order valence-corrected chi connectivity index (χ3v) is 8.12. The highest BCUT2D eigenvalue weighted by Gasteiger charge is 2.41. The number of rotatable bonds is 9. The molecule has 228 valence electrons. The molecule has 4 heterocycles. The second kappa shape index (κ2) is 11.7. The molecule has 1 atom stereocenters. The summed E-state index contributed by atoms with van der Waals surface area (Å²) >= 11 is 0. The summed E-state index contributed by atoms with van der Waals surface area (Å²) in [5.41, 5.74) is 2.53. The van der Waals surface area contributed by atoms with Crippen molar-refractivity contribution in [2.24, 2.45) is 0 Å². The zero-order valence-corrected chi connectivity index (χ0v) is 24.8. The summed E-state index contributed by atoms with van der Waals surface area (Å²) in [6.45, 7) is 4.78. The lowest BCUT2D eigenvalue weighted by atomic mass is 10.1. The molecule has 0 radical (unpaired) electrons. The predicted molar refractivity (Wildman–Crippen MR) is 161 cm³/mol. The van der Waals surface area contributed by atoms with Crippen molar-refractivity contribution in [1.82, 2.24) is 34.8 Å². The van der Waals surface area contributed by atoms with E-state index in [9.17, 15) is 9.59 Å². The number of nitrogens with zero attached hydrogens (tertiary/aromatic N) is 7. The van der Waals surface area contributed by atoms with Crippen LogP contribution in [0.5, 0.6) is 11.5 Å². The van der Waals surface area contributed by atoms with Crippen LogP contribution in [-0.4, -0.2) is 53.3 Å². The van der Waals surface area contributed by atoms with E-state index >= 15 is 4.39 Å². The maximum Gasteiger partial charge on any atom is 0.258 e. The van der Waals surface area contributed by atoms with Crippen molar-refractivity contribution >= 4 is 5.91 Å². The van der Waals surface area contributed by atoms with Crippen LogP contribution < -0.4 is 10.3 Å². The Bertz CT molecular complexity index is 1930. The quantitative estimate of drug-likeness (QED) is 0.218. The van der Waals surface area contributed by atoms with Crippen LogP contribution in [0.25, 0.3) is 22.7 Å². The minimum absolute atomic E-state index is 0.123. The summed E-state index contributed by atoms with van der Waals surface area (Å²) in [6.07, 6.45) is 5.32. The van der Waals surface area contributed by atoms with Crippen LogP contribution in [0.3, 0.4) is 0 Å². The van der Waals surface area contributed by atoms with Gasteiger partial charge in [0.05, 0.1) is 24.3 Å². The van der Waals surface area contributed by atoms with Gasteiger partial charge in [0.25, 0.3) is 11.4 Å². The van der Waals surface area contributed by atoms with E-state index in [2.05, 4.69) is 25.3 Å². The van der Waals surface area contributed by atoms with Gasteiger partial charge in [0.2, 0.25) is 5.91 Å². The van der Waals surface area contributed by atoms with E-state index in [-0.39, 0.29) is 41.5 Å². The summed E-state index contributed by atoms with van der Waals surface area (Å²) in [5.74, 6) is 1.05. The molecule has 5 aromatic rings. The van der Waals surface area contributed by atoms with Gasteiger partial charge in [-0.25, -0.2) is 9.37 Å². The van der Waals surface area contributed by atoms with Gasteiger partial charge in [0, 0.05) is 59.9 Å². The van der Waals surface area contributed by atoms with Gasteiger partial charge < -0.3 is 14.2 Å². The van der Waals surface area contributed by atoms with Gasteiger partial charge in [-0.2, -0.15) is 15.2 Å². The molecule has 7 rings (SSSR count). The fourth-order valence-corrected chi connectivity index (χ4v) is 5.44. The number of halogens is 1. The Morgan fingerprint density at radius 2 is 1.91 bits per heavy atom. The van der Waals surface area contributed by atoms with Crippen LogP contribution in [0.15, 0.2) is 76.4 Å². The van der Waals surface area contributed by atoms with Crippen molar-refractivity contribution in [3.63, 3.8) is 0 Å². The highest BCUT2D eigenvalue weighted by atomic mass is 19.1. The Morgan fingerprint density at radius 1 is 1.04 bits per heavy atom. The Balaban J connectivity index is 1.18. The Hall–Kier alpha value is -5.26. The highest BCUT2D eigenvalue weighted by Crippen LogP contribution is 2.37. The number of carbonyl (C=O) groups is 1. The number of benzene rings is 2. The summed E-state index contributed by atoms with van der Waals surface area (Å²) in [4.78, 5) is 35.5. The number of aromatic nitrogens is 6. The monoisotopic (exact) mass is 607 g/mol. The number of hydrogen-bond acceptors (Lipinski definition) is 9. The molecule has 0 spiro atoms. The first kappa shape index (κ1) is 28.5. The molecule has 2 fully saturated rings. The minimum Gasteiger partial charge on any atom is -0.457 e. The molecule has 2 aliphatic rings. The lowest BCUT2D eigenvalue weighted by molar-refractivity contribution is -0.128. The number of likely N-dealkylation sites (tertiary alicyclic amines) is 1. The van der Waals surface area contributed by atoms with Gasteiger partial charge in [-0.15, -0.1) is 0 Å². The first-order valence-electron chi connectivity index (χ1n) is 14.9. The number of amides is 1. The van der Waals surface area contributed by atoms with E-state index in [0.29, 0.717) is 53.0 Å². The van der Waals surface area contributed by atoms with Crippen molar-refractivity contribution in [1.29, 1.82) is 0 Å². The van der Waals surface area contributed by atoms with Gasteiger partial charge in [-0.3, -0.25) is 14.2 Å². The molecule has 12 heteroatoms. The van der Waals surface area contributed by atoms with Crippen LogP contribution in [0, 0.1) is 5.82 Å².